The molecule has 0 saturated heterocycles. The molecule has 1 aromatic rings. The third kappa shape index (κ3) is 5.23. The van der Waals surface area contributed by atoms with Crippen LogP contribution in [0.1, 0.15) is 5.56 Å². The number of hydrogen-bond donors (Lipinski definition) is 2. The molecule has 0 spiro atoms. The van der Waals surface area contributed by atoms with Crippen molar-refractivity contribution in [3.63, 3.8) is 0 Å². The maximum absolute atomic E-state index is 9.66. The van der Waals surface area contributed by atoms with E-state index in [2.05, 4.69) is 5.32 Å². The monoisotopic (exact) mass is 276 g/mol. The quantitative estimate of drug-likeness (QED) is 0.835. The average Bonchev–Trinajstić information content (AvgIpc) is 2.23. The number of aliphatic hydroxyl groups is 1. The van der Waals surface area contributed by atoms with Crippen molar-refractivity contribution in [3.8, 4) is 0 Å². The third-order valence-corrected chi connectivity index (χ3v) is 3.16. The molecule has 0 bridgehead atoms. The van der Waals surface area contributed by atoms with Crippen LogP contribution in [-0.4, -0.2) is 43.3 Å². The van der Waals surface area contributed by atoms with Gasteiger partial charge in [0.2, 0.25) is 0 Å². The summed E-state index contributed by atoms with van der Waals surface area (Å²) in [5, 5.41) is 13.9. The Labute approximate surface area is 112 Å². The molecule has 96 valence electrons. The van der Waals surface area contributed by atoms with Crippen molar-refractivity contribution in [1.82, 2.24) is 10.2 Å². The number of likely N-dealkylation sites (N-methyl/N-ethyl adjacent to an activating group) is 1. The van der Waals surface area contributed by atoms with Crippen molar-refractivity contribution in [3.05, 3.63) is 33.8 Å². The molecular weight excluding hydrogens is 259 g/mol. The largest absolute Gasteiger partial charge is 0.390 e. The Hall–Kier alpha value is -0.320. The van der Waals surface area contributed by atoms with E-state index in [1.807, 2.05) is 31.1 Å². The minimum atomic E-state index is -0.386. The molecule has 1 atom stereocenters. The summed E-state index contributed by atoms with van der Waals surface area (Å²) in [7, 11) is 3.86. The normalized spacial score (nSPS) is 13.1. The lowest BCUT2D eigenvalue weighted by atomic mass is 10.2. The van der Waals surface area contributed by atoms with Gasteiger partial charge in [-0.15, -0.1) is 0 Å². The molecule has 1 rings (SSSR count). The first kappa shape index (κ1) is 14.7. The number of halogens is 2. The van der Waals surface area contributed by atoms with E-state index < -0.39 is 0 Å². The maximum Gasteiger partial charge on any atom is 0.0791 e. The number of aliphatic hydroxyl groups excluding tert-OH is 1. The van der Waals surface area contributed by atoms with Crippen molar-refractivity contribution < 1.29 is 5.11 Å². The lowest BCUT2D eigenvalue weighted by Crippen LogP contribution is -2.34. The number of rotatable bonds is 6. The number of benzene rings is 1. The molecule has 0 aromatic heterocycles. The molecule has 0 fully saturated rings. The van der Waals surface area contributed by atoms with Crippen LogP contribution in [0.2, 0.25) is 10.0 Å². The van der Waals surface area contributed by atoms with Crippen LogP contribution in [0.4, 0.5) is 0 Å². The summed E-state index contributed by atoms with van der Waals surface area (Å²) in [4.78, 5) is 1.94. The van der Waals surface area contributed by atoms with Crippen LogP contribution in [0.15, 0.2) is 18.2 Å². The predicted molar refractivity (Wildman–Crippen MR) is 72.7 cm³/mol. The lowest BCUT2D eigenvalue weighted by Gasteiger charge is -2.16. The Morgan fingerprint density at radius 1 is 1.35 bits per heavy atom. The summed E-state index contributed by atoms with van der Waals surface area (Å²) in [6.07, 6.45) is -0.386. The summed E-state index contributed by atoms with van der Waals surface area (Å²) in [6.45, 7) is 1.77. The molecule has 0 saturated carbocycles. The fourth-order valence-corrected chi connectivity index (χ4v) is 1.93. The Bertz CT molecular complexity index is 358. The molecule has 5 heteroatoms. The Balaban J connectivity index is 2.38. The minimum Gasteiger partial charge on any atom is -0.390 e. The molecule has 17 heavy (non-hydrogen) atoms. The van der Waals surface area contributed by atoms with E-state index in [0.29, 0.717) is 29.7 Å². The molecular formula is C12H18Cl2N2O. The first-order chi connectivity index (χ1) is 8.00. The van der Waals surface area contributed by atoms with Gasteiger partial charge in [0.25, 0.3) is 0 Å². The summed E-state index contributed by atoms with van der Waals surface area (Å²) in [5.74, 6) is 0. The SMILES string of the molecule is CN(C)CC(O)CNCc1cccc(Cl)c1Cl. The minimum absolute atomic E-state index is 0.386. The van der Waals surface area contributed by atoms with Gasteiger partial charge in [-0.05, 0) is 25.7 Å². The third-order valence-electron chi connectivity index (χ3n) is 2.30. The Kier molecular flexibility index (Phi) is 6.23. The summed E-state index contributed by atoms with van der Waals surface area (Å²) in [6, 6.07) is 5.54. The highest BCUT2D eigenvalue weighted by Crippen LogP contribution is 2.25. The van der Waals surface area contributed by atoms with E-state index in [9.17, 15) is 5.11 Å². The Morgan fingerprint density at radius 2 is 2.06 bits per heavy atom. The van der Waals surface area contributed by atoms with Crippen molar-refractivity contribution >= 4 is 23.2 Å². The van der Waals surface area contributed by atoms with Crippen molar-refractivity contribution in [1.29, 1.82) is 0 Å². The van der Waals surface area contributed by atoms with Gasteiger partial charge in [-0.3, -0.25) is 0 Å². The van der Waals surface area contributed by atoms with Gasteiger partial charge in [0, 0.05) is 19.6 Å². The van der Waals surface area contributed by atoms with Crippen molar-refractivity contribution in [2.24, 2.45) is 0 Å². The molecule has 0 amide bonds. The first-order valence-corrected chi connectivity index (χ1v) is 6.22. The highest BCUT2D eigenvalue weighted by Gasteiger charge is 2.07. The number of hydrogen-bond acceptors (Lipinski definition) is 3. The van der Waals surface area contributed by atoms with Gasteiger partial charge < -0.3 is 15.3 Å². The van der Waals surface area contributed by atoms with E-state index in [0.717, 1.165) is 5.56 Å². The fourth-order valence-electron chi connectivity index (χ4n) is 1.54. The standard InChI is InChI=1S/C12H18Cl2N2O/c1-16(2)8-10(17)7-15-6-9-4-3-5-11(13)12(9)14/h3-5,10,15,17H,6-8H2,1-2H3. The van der Waals surface area contributed by atoms with E-state index in [-0.39, 0.29) is 6.10 Å². The highest BCUT2D eigenvalue weighted by molar-refractivity contribution is 6.42. The molecule has 0 aliphatic rings. The predicted octanol–water partition coefficient (Wildman–Crippen LogP) is 2.01. The Morgan fingerprint density at radius 3 is 2.71 bits per heavy atom. The van der Waals surface area contributed by atoms with Crippen molar-refractivity contribution in [2.45, 2.75) is 12.6 Å². The summed E-state index contributed by atoms with van der Waals surface area (Å²) in [5.41, 5.74) is 0.941. The zero-order valence-electron chi connectivity index (χ0n) is 10.1. The highest BCUT2D eigenvalue weighted by atomic mass is 35.5. The molecule has 0 aliphatic heterocycles. The van der Waals surface area contributed by atoms with Gasteiger partial charge in [-0.1, -0.05) is 35.3 Å². The molecule has 0 radical (unpaired) electrons. The summed E-state index contributed by atoms with van der Waals surface area (Å²) < 4.78 is 0. The van der Waals surface area contributed by atoms with Crippen LogP contribution in [0.3, 0.4) is 0 Å². The molecule has 3 nitrogen and oxygen atoms in total. The van der Waals surface area contributed by atoms with Gasteiger partial charge in [-0.2, -0.15) is 0 Å². The van der Waals surface area contributed by atoms with Gasteiger partial charge in [0.1, 0.15) is 0 Å². The second kappa shape index (κ2) is 7.19. The molecule has 0 aliphatic carbocycles. The van der Waals surface area contributed by atoms with Crippen LogP contribution in [0.25, 0.3) is 0 Å². The van der Waals surface area contributed by atoms with Crippen LogP contribution in [0.5, 0.6) is 0 Å². The molecule has 1 aromatic carbocycles. The lowest BCUT2D eigenvalue weighted by molar-refractivity contribution is 0.134. The van der Waals surface area contributed by atoms with Crippen LogP contribution >= 0.6 is 23.2 Å². The smallest absolute Gasteiger partial charge is 0.0791 e. The number of nitrogens with one attached hydrogen (secondary N) is 1. The molecule has 0 heterocycles. The second-order valence-electron chi connectivity index (χ2n) is 4.26. The average molecular weight is 277 g/mol. The van der Waals surface area contributed by atoms with Gasteiger partial charge >= 0.3 is 0 Å². The fraction of sp³-hybridized carbons (Fsp3) is 0.500. The van der Waals surface area contributed by atoms with Crippen LogP contribution < -0.4 is 5.32 Å². The molecule has 1 unspecified atom stereocenters. The molecule has 2 N–H and O–H groups in total. The topological polar surface area (TPSA) is 35.5 Å². The van der Waals surface area contributed by atoms with Gasteiger partial charge in [0.15, 0.2) is 0 Å². The van der Waals surface area contributed by atoms with E-state index in [1.165, 1.54) is 0 Å². The van der Waals surface area contributed by atoms with Crippen LogP contribution in [-0.2, 0) is 6.54 Å². The maximum atomic E-state index is 9.66. The van der Waals surface area contributed by atoms with E-state index in [1.54, 1.807) is 6.07 Å². The zero-order chi connectivity index (χ0) is 12.8. The summed E-state index contributed by atoms with van der Waals surface area (Å²) >= 11 is 12.0. The van der Waals surface area contributed by atoms with E-state index >= 15 is 0 Å². The van der Waals surface area contributed by atoms with Crippen molar-refractivity contribution in [2.75, 3.05) is 27.2 Å². The van der Waals surface area contributed by atoms with Gasteiger partial charge in [0.05, 0.1) is 16.1 Å². The second-order valence-corrected chi connectivity index (χ2v) is 5.05. The number of nitrogens with zero attached hydrogens (tertiary/aromatic N) is 1. The zero-order valence-corrected chi connectivity index (χ0v) is 11.6. The van der Waals surface area contributed by atoms with Gasteiger partial charge in [-0.25, -0.2) is 0 Å². The van der Waals surface area contributed by atoms with Crippen LogP contribution in [0, 0.1) is 0 Å². The first-order valence-electron chi connectivity index (χ1n) is 5.47. The van der Waals surface area contributed by atoms with E-state index in [4.69, 9.17) is 23.2 Å².